The van der Waals surface area contributed by atoms with Crippen molar-refractivity contribution in [1.82, 2.24) is 5.32 Å². The van der Waals surface area contributed by atoms with E-state index in [0.29, 0.717) is 0 Å². The molecule has 25 heavy (non-hydrogen) atoms. The Morgan fingerprint density at radius 2 is 1.80 bits per heavy atom. The normalized spacial score (nSPS) is 10.7. The van der Waals surface area contributed by atoms with E-state index in [4.69, 9.17) is 0 Å². The minimum Gasteiger partial charge on any atom is -0.343 e. The second-order valence-corrected chi connectivity index (χ2v) is 6.83. The van der Waals surface area contributed by atoms with Gasteiger partial charge < -0.3 is 10.6 Å². The fraction of sp³-hybridized carbons (Fsp3) is 0.200. The van der Waals surface area contributed by atoms with Gasteiger partial charge in [-0.15, -0.1) is 0 Å². The first kappa shape index (κ1) is 18.9. The molecule has 2 N–H and O–H groups in total. The lowest BCUT2D eigenvalue weighted by Gasteiger charge is -2.09. The Morgan fingerprint density at radius 3 is 2.48 bits per heavy atom. The second kappa shape index (κ2) is 8.62. The Morgan fingerprint density at radius 1 is 1.04 bits per heavy atom. The molecule has 2 amide bonds. The highest BCUT2D eigenvalue weighted by molar-refractivity contribution is 9.10. The van der Waals surface area contributed by atoms with Crippen LogP contribution in [0.5, 0.6) is 0 Å². The fourth-order valence-corrected chi connectivity index (χ4v) is 2.84. The fourth-order valence-electron chi connectivity index (χ4n) is 2.37. The molecule has 0 aromatic heterocycles. The Hall–Kier alpha value is -2.40. The maximum absolute atomic E-state index is 12.0. The lowest BCUT2D eigenvalue weighted by atomic mass is 10.1. The summed E-state index contributed by atoms with van der Waals surface area (Å²) in [6.07, 6.45) is 3.19. The smallest absolute Gasteiger partial charge is 0.244 e. The van der Waals surface area contributed by atoms with E-state index < -0.39 is 0 Å². The van der Waals surface area contributed by atoms with Crippen molar-refractivity contribution in [2.24, 2.45) is 0 Å². The predicted molar refractivity (Wildman–Crippen MR) is 105 cm³/mol. The van der Waals surface area contributed by atoms with Crippen LogP contribution in [0.25, 0.3) is 6.08 Å². The van der Waals surface area contributed by atoms with Crippen LogP contribution in [0.3, 0.4) is 0 Å². The molecule has 4 nitrogen and oxygen atoms in total. The van der Waals surface area contributed by atoms with Crippen molar-refractivity contribution in [3.05, 3.63) is 69.2 Å². The summed E-state index contributed by atoms with van der Waals surface area (Å²) in [5.41, 5.74) is 4.94. The molecule has 0 aliphatic rings. The molecule has 0 spiro atoms. The molecule has 0 aliphatic carbocycles. The Bertz CT molecular complexity index is 828. The maximum atomic E-state index is 12.0. The number of nitrogens with one attached hydrogen (secondary N) is 2. The van der Waals surface area contributed by atoms with Gasteiger partial charge in [0.2, 0.25) is 11.8 Å². The molecule has 0 saturated carbocycles. The molecule has 2 aromatic carbocycles. The van der Waals surface area contributed by atoms with E-state index >= 15 is 0 Å². The monoisotopic (exact) mass is 400 g/mol. The standard InChI is InChI=1S/C20H21BrN2O2/c1-13-4-5-16(14(2)10-13)6-9-19(24)22-12-20(25)23-18-8-7-17(21)11-15(18)3/h4-11H,12H2,1-3H3,(H,22,24)(H,23,25)/b9-6+. The van der Waals surface area contributed by atoms with Crippen molar-refractivity contribution in [2.75, 3.05) is 11.9 Å². The van der Waals surface area contributed by atoms with E-state index in [1.807, 2.05) is 51.1 Å². The molecular weight excluding hydrogens is 380 g/mol. The molecule has 0 aliphatic heterocycles. The van der Waals surface area contributed by atoms with E-state index in [0.717, 1.165) is 26.9 Å². The first-order valence-corrected chi connectivity index (χ1v) is 8.73. The number of aryl methyl sites for hydroxylation is 3. The highest BCUT2D eigenvalue weighted by Crippen LogP contribution is 2.19. The largest absolute Gasteiger partial charge is 0.343 e. The van der Waals surface area contributed by atoms with E-state index in [2.05, 4.69) is 32.6 Å². The zero-order chi connectivity index (χ0) is 18.4. The SMILES string of the molecule is Cc1ccc(/C=C/C(=O)NCC(=O)Nc2ccc(Br)cc2C)c(C)c1. The van der Waals surface area contributed by atoms with Crippen LogP contribution in [0, 0.1) is 20.8 Å². The van der Waals surface area contributed by atoms with Gasteiger partial charge >= 0.3 is 0 Å². The second-order valence-electron chi connectivity index (χ2n) is 5.92. The lowest BCUT2D eigenvalue weighted by molar-refractivity contribution is -0.121. The molecule has 0 unspecified atom stereocenters. The van der Waals surface area contributed by atoms with Crippen molar-refractivity contribution in [3.8, 4) is 0 Å². The molecule has 0 fully saturated rings. The van der Waals surface area contributed by atoms with Gasteiger partial charge in [0.05, 0.1) is 6.54 Å². The molecule has 130 valence electrons. The van der Waals surface area contributed by atoms with Crippen LogP contribution < -0.4 is 10.6 Å². The summed E-state index contributed by atoms with van der Waals surface area (Å²) < 4.78 is 0.952. The number of benzene rings is 2. The molecule has 2 aromatic rings. The van der Waals surface area contributed by atoms with Gasteiger partial charge in [-0.1, -0.05) is 39.7 Å². The van der Waals surface area contributed by atoms with Crippen LogP contribution in [0.2, 0.25) is 0 Å². The van der Waals surface area contributed by atoms with E-state index in [1.165, 1.54) is 11.6 Å². The Kier molecular flexibility index (Phi) is 6.53. The zero-order valence-corrected chi connectivity index (χ0v) is 16.1. The average Bonchev–Trinajstić information content (AvgIpc) is 2.55. The van der Waals surface area contributed by atoms with Crippen molar-refractivity contribution in [3.63, 3.8) is 0 Å². The summed E-state index contributed by atoms with van der Waals surface area (Å²) in [7, 11) is 0. The molecule has 0 radical (unpaired) electrons. The summed E-state index contributed by atoms with van der Waals surface area (Å²) in [6, 6.07) is 11.6. The van der Waals surface area contributed by atoms with Crippen LogP contribution in [-0.4, -0.2) is 18.4 Å². The van der Waals surface area contributed by atoms with Crippen LogP contribution in [-0.2, 0) is 9.59 Å². The lowest BCUT2D eigenvalue weighted by Crippen LogP contribution is -2.31. The molecule has 0 saturated heterocycles. The molecule has 0 bridgehead atoms. The zero-order valence-electron chi connectivity index (χ0n) is 14.5. The number of amides is 2. The Labute approximate surface area is 156 Å². The van der Waals surface area contributed by atoms with Gasteiger partial charge in [-0.3, -0.25) is 9.59 Å². The quantitative estimate of drug-likeness (QED) is 0.740. The first-order valence-electron chi connectivity index (χ1n) is 7.94. The van der Waals surface area contributed by atoms with Crippen molar-refractivity contribution in [1.29, 1.82) is 0 Å². The molecule has 2 rings (SSSR count). The third kappa shape index (κ3) is 5.87. The minimum absolute atomic E-state index is 0.0778. The third-order valence-electron chi connectivity index (χ3n) is 3.73. The first-order chi connectivity index (χ1) is 11.8. The number of carbonyl (C=O) groups excluding carboxylic acids is 2. The van der Waals surface area contributed by atoms with Crippen molar-refractivity contribution >= 4 is 39.5 Å². The van der Waals surface area contributed by atoms with E-state index in [9.17, 15) is 9.59 Å². The number of hydrogen-bond donors (Lipinski definition) is 2. The summed E-state index contributed by atoms with van der Waals surface area (Å²) >= 11 is 3.38. The van der Waals surface area contributed by atoms with Crippen molar-refractivity contribution < 1.29 is 9.59 Å². The third-order valence-corrected chi connectivity index (χ3v) is 4.22. The molecule has 5 heteroatoms. The Balaban J connectivity index is 1.86. The number of anilines is 1. The molecule has 0 atom stereocenters. The molecular formula is C20H21BrN2O2. The summed E-state index contributed by atoms with van der Waals surface area (Å²) in [4.78, 5) is 23.8. The van der Waals surface area contributed by atoms with E-state index in [1.54, 1.807) is 6.08 Å². The number of rotatable bonds is 5. The number of hydrogen-bond acceptors (Lipinski definition) is 2. The summed E-state index contributed by atoms with van der Waals surface area (Å²) in [5, 5.41) is 5.37. The van der Waals surface area contributed by atoms with Gasteiger partial charge in [-0.25, -0.2) is 0 Å². The predicted octanol–water partition coefficient (Wildman–Crippen LogP) is 4.14. The molecule has 0 heterocycles. The van der Waals surface area contributed by atoms with Crippen LogP contribution in [0.15, 0.2) is 46.9 Å². The van der Waals surface area contributed by atoms with Gasteiger partial charge in [-0.05, 0) is 61.7 Å². The maximum Gasteiger partial charge on any atom is 0.244 e. The van der Waals surface area contributed by atoms with Gasteiger partial charge in [0, 0.05) is 16.2 Å². The van der Waals surface area contributed by atoms with Crippen molar-refractivity contribution in [2.45, 2.75) is 20.8 Å². The number of carbonyl (C=O) groups is 2. The van der Waals surface area contributed by atoms with Gasteiger partial charge in [0.1, 0.15) is 0 Å². The van der Waals surface area contributed by atoms with Gasteiger partial charge in [-0.2, -0.15) is 0 Å². The average molecular weight is 401 g/mol. The van der Waals surface area contributed by atoms with Crippen LogP contribution >= 0.6 is 15.9 Å². The van der Waals surface area contributed by atoms with Crippen LogP contribution in [0.1, 0.15) is 22.3 Å². The summed E-state index contributed by atoms with van der Waals surface area (Å²) in [6.45, 7) is 5.86. The topological polar surface area (TPSA) is 58.2 Å². The van der Waals surface area contributed by atoms with Gasteiger partial charge in [0.25, 0.3) is 0 Å². The number of halogens is 1. The highest BCUT2D eigenvalue weighted by atomic mass is 79.9. The van der Waals surface area contributed by atoms with Gasteiger partial charge in [0.15, 0.2) is 0 Å². The van der Waals surface area contributed by atoms with E-state index in [-0.39, 0.29) is 18.4 Å². The van der Waals surface area contributed by atoms with Crippen LogP contribution in [0.4, 0.5) is 5.69 Å². The highest BCUT2D eigenvalue weighted by Gasteiger charge is 2.06. The minimum atomic E-state index is -0.303. The summed E-state index contributed by atoms with van der Waals surface area (Å²) in [5.74, 6) is -0.568.